The molecule has 1 aromatic carbocycles. The van der Waals surface area contributed by atoms with Crippen LogP contribution in [0.5, 0.6) is 11.5 Å². The van der Waals surface area contributed by atoms with Gasteiger partial charge in [-0.05, 0) is 55.8 Å². The molecule has 130 valence electrons. The molecule has 0 aliphatic carbocycles. The quantitative estimate of drug-likeness (QED) is 0.718. The largest absolute Gasteiger partial charge is 0.490 e. The summed E-state index contributed by atoms with van der Waals surface area (Å²) >= 11 is 3.49. The molecule has 1 aromatic heterocycles. The molecule has 0 bridgehead atoms. The van der Waals surface area contributed by atoms with Crippen molar-refractivity contribution in [2.45, 2.75) is 33.8 Å². The number of aromatic amines is 1. The van der Waals surface area contributed by atoms with Crippen molar-refractivity contribution in [3.8, 4) is 22.8 Å². The van der Waals surface area contributed by atoms with Crippen molar-refractivity contribution < 1.29 is 19.0 Å². The van der Waals surface area contributed by atoms with Gasteiger partial charge in [-0.1, -0.05) is 0 Å². The van der Waals surface area contributed by atoms with Crippen LogP contribution in [0, 0.1) is 0 Å². The van der Waals surface area contributed by atoms with Gasteiger partial charge in [-0.2, -0.15) is 10.3 Å². The van der Waals surface area contributed by atoms with Gasteiger partial charge in [-0.25, -0.2) is 4.79 Å². The summed E-state index contributed by atoms with van der Waals surface area (Å²) in [5.41, 5.74) is 1.19. The Morgan fingerprint density at radius 1 is 1.25 bits per heavy atom. The van der Waals surface area contributed by atoms with Gasteiger partial charge < -0.3 is 14.2 Å². The molecule has 2 rings (SSSR count). The van der Waals surface area contributed by atoms with Gasteiger partial charge in [-0.3, -0.25) is 0 Å². The molecule has 7 nitrogen and oxygen atoms in total. The van der Waals surface area contributed by atoms with E-state index < -0.39 is 5.97 Å². The van der Waals surface area contributed by atoms with E-state index in [0.29, 0.717) is 33.8 Å². The number of nitrogens with zero attached hydrogens (tertiary/aromatic N) is 2. The molecule has 1 heterocycles. The van der Waals surface area contributed by atoms with Crippen LogP contribution in [0.2, 0.25) is 0 Å². The highest BCUT2D eigenvalue weighted by Gasteiger charge is 2.22. The fourth-order valence-electron chi connectivity index (χ4n) is 2.09. The monoisotopic (exact) mass is 397 g/mol. The van der Waals surface area contributed by atoms with Crippen LogP contribution < -0.4 is 9.47 Å². The number of hydrogen-bond donors (Lipinski definition) is 1. The van der Waals surface area contributed by atoms with Gasteiger partial charge in [0.05, 0.1) is 23.8 Å². The van der Waals surface area contributed by atoms with Gasteiger partial charge in [-0.15, -0.1) is 5.10 Å². The Morgan fingerprint density at radius 3 is 2.62 bits per heavy atom. The van der Waals surface area contributed by atoms with E-state index in [-0.39, 0.29) is 18.4 Å². The van der Waals surface area contributed by atoms with E-state index >= 15 is 0 Å². The van der Waals surface area contributed by atoms with Gasteiger partial charge >= 0.3 is 5.97 Å². The van der Waals surface area contributed by atoms with Crippen LogP contribution in [0.4, 0.5) is 0 Å². The zero-order valence-electron chi connectivity index (χ0n) is 14.1. The standard InChI is InChI=1S/C16H20BrN3O4/c1-5-22-12-8-10(7-11(17)15(12)24-9(3)4)13-14(19-20-18-13)16(21)23-6-2/h7-9H,5-6H2,1-4H3,(H,18,19,20). The highest BCUT2D eigenvalue weighted by Crippen LogP contribution is 2.40. The first kappa shape index (κ1) is 18.3. The zero-order chi connectivity index (χ0) is 17.7. The van der Waals surface area contributed by atoms with E-state index in [0.717, 1.165) is 0 Å². The predicted molar refractivity (Wildman–Crippen MR) is 92.4 cm³/mol. The number of halogens is 1. The maximum atomic E-state index is 12.0. The summed E-state index contributed by atoms with van der Waals surface area (Å²) in [5.74, 6) is 0.642. The lowest BCUT2D eigenvalue weighted by Crippen LogP contribution is -2.09. The molecular weight excluding hydrogens is 378 g/mol. The molecule has 0 spiro atoms. The first-order valence-electron chi connectivity index (χ1n) is 7.69. The van der Waals surface area contributed by atoms with E-state index in [9.17, 15) is 4.79 Å². The van der Waals surface area contributed by atoms with Crippen molar-refractivity contribution in [1.29, 1.82) is 0 Å². The molecule has 0 amide bonds. The summed E-state index contributed by atoms with van der Waals surface area (Å²) in [6, 6.07) is 3.58. The number of ether oxygens (including phenoxy) is 3. The molecule has 0 radical (unpaired) electrons. The number of carbonyl (C=O) groups excluding carboxylic acids is 1. The summed E-state index contributed by atoms with van der Waals surface area (Å²) in [5, 5.41) is 10.4. The Hall–Kier alpha value is -2.09. The van der Waals surface area contributed by atoms with Gasteiger partial charge in [0.15, 0.2) is 17.2 Å². The maximum absolute atomic E-state index is 12.0. The lowest BCUT2D eigenvalue weighted by atomic mass is 10.1. The Bertz CT molecular complexity index is 715. The third-order valence-electron chi connectivity index (χ3n) is 2.95. The Morgan fingerprint density at radius 2 is 2.00 bits per heavy atom. The van der Waals surface area contributed by atoms with Crippen molar-refractivity contribution in [2.24, 2.45) is 0 Å². The number of rotatable bonds is 7. The summed E-state index contributed by atoms with van der Waals surface area (Å²) in [6.07, 6.45) is -0.00602. The number of hydrogen-bond acceptors (Lipinski definition) is 6. The first-order chi connectivity index (χ1) is 11.5. The van der Waals surface area contributed by atoms with Crippen molar-refractivity contribution in [3.05, 3.63) is 22.3 Å². The first-order valence-corrected chi connectivity index (χ1v) is 8.48. The van der Waals surface area contributed by atoms with Crippen LogP contribution in [-0.2, 0) is 4.74 Å². The summed E-state index contributed by atoms with van der Waals surface area (Å²) in [6.45, 7) is 8.24. The SMILES string of the molecule is CCOC(=O)c1n[nH]nc1-c1cc(Br)c(OC(C)C)c(OCC)c1. The third-order valence-corrected chi connectivity index (χ3v) is 3.54. The number of aromatic nitrogens is 3. The molecule has 8 heteroatoms. The van der Waals surface area contributed by atoms with Crippen LogP contribution in [0.15, 0.2) is 16.6 Å². The van der Waals surface area contributed by atoms with Crippen LogP contribution in [0.3, 0.4) is 0 Å². The van der Waals surface area contributed by atoms with Gasteiger partial charge in [0, 0.05) is 5.56 Å². The molecule has 0 saturated carbocycles. The van der Waals surface area contributed by atoms with Crippen molar-refractivity contribution in [2.75, 3.05) is 13.2 Å². The van der Waals surface area contributed by atoms with E-state index in [1.54, 1.807) is 19.1 Å². The van der Waals surface area contributed by atoms with Gasteiger partial charge in [0.2, 0.25) is 0 Å². The molecular formula is C16H20BrN3O4. The minimum Gasteiger partial charge on any atom is -0.490 e. The van der Waals surface area contributed by atoms with E-state index in [2.05, 4.69) is 31.3 Å². The molecule has 2 aromatic rings. The van der Waals surface area contributed by atoms with E-state index in [1.165, 1.54) is 0 Å². The van der Waals surface area contributed by atoms with Crippen LogP contribution >= 0.6 is 15.9 Å². The molecule has 0 atom stereocenters. The van der Waals surface area contributed by atoms with Crippen LogP contribution in [-0.4, -0.2) is 40.7 Å². The molecule has 0 saturated heterocycles. The highest BCUT2D eigenvalue weighted by molar-refractivity contribution is 9.10. The smallest absolute Gasteiger partial charge is 0.361 e. The van der Waals surface area contributed by atoms with Crippen molar-refractivity contribution in [3.63, 3.8) is 0 Å². The minimum atomic E-state index is -0.530. The topological polar surface area (TPSA) is 86.3 Å². The Labute approximate surface area is 148 Å². The summed E-state index contributed by atoms with van der Waals surface area (Å²) in [7, 11) is 0. The second kappa shape index (κ2) is 8.14. The Kier molecular flexibility index (Phi) is 6.19. The second-order valence-electron chi connectivity index (χ2n) is 5.13. The fourth-order valence-corrected chi connectivity index (χ4v) is 2.63. The lowest BCUT2D eigenvalue weighted by Gasteiger charge is -2.17. The number of nitrogens with one attached hydrogen (secondary N) is 1. The third kappa shape index (κ3) is 4.05. The normalized spacial score (nSPS) is 10.8. The van der Waals surface area contributed by atoms with Gasteiger partial charge in [0.25, 0.3) is 0 Å². The lowest BCUT2D eigenvalue weighted by molar-refractivity contribution is 0.0520. The number of H-pyrrole nitrogens is 1. The zero-order valence-corrected chi connectivity index (χ0v) is 15.6. The molecule has 0 aliphatic heterocycles. The maximum Gasteiger partial charge on any atom is 0.361 e. The molecule has 0 fully saturated rings. The van der Waals surface area contributed by atoms with Gasteiger partial charge in [0.1, 0.15) is 5.69 Å². The molecule has 1 N–H and O–H groups in total. The fraction of sp³-hybridized carbons (Fsp3) is 0.438. The summed E-state index contributed by atoms with van der Waals surface area (Å²) < 4.78 is 17.2. The van der Waals surface area contributed by atoms with Crippen LogP contribution in [0.25, 0.3) is 11.3 Å². The van der Waals surface area contributed by atoms with E-state index in [1.807, 2.05) is 20.8 Å². The average molecular weight is 398 g/mol. The Balaban J connectivity index is 2.49. The highest BCUT2D eigenvalue weighted by atomic mass is 79.9. The average Bonchev–Trinajstić information content (AvgIpc) is 3.00. The minimum absolute atomic E-state index is 0.00602. The number of esters is 1. The molecule has 24 heavy (non-hydrogen) atoms. The van der Waals surface area contributed by atoms with Crippen molar-refractivity contribution >= 4 is 21.9 Å². The molecule has 0 aliphatic rings. The predicted octanol–water partition coefficient (Wildman–Crippen LogP) is 3.60. The van der Waals surface area contributed by atoms with Crippen LogP contribution in [0.1, 0.15) is 38.2 Å². The summed E-state index contributed by atoms with van der Waals surface area (Å²) in [4.78, 5) is 12.0. The van der Waals surface area contributed by atoms with Crippen molar-refractivity contribution in [1.82, 2.24) is 15.4 Å². The van der Waals surface area contributed by atoms with E-state index in [4.69, 9.17) is 14.2 Å². The second-order valence-corrected chi connectivity index (χ2v) is 5.98. The molecule has 0 unspecified atom stereocenters. The number of carbonyl (C=O) groups is 1. The number of benzene rings is 1.